The molecule has 5 heteroatoms. The summed E-state index contributed by atoms with van der Waals surface area (Å²) < 4.78 is 27.2. The molecule has 0 fully saturated rings. The Balaban J connectivity index is 1.55. The van der Waals surface area contributed by atoms with Crippen molar-refractivity contribution in [2.45, 2.75) is 36.5 Å². The van der Waals surface area contributed by atoms with Crippen LogP contribution in [0.25, 0.3) is 0 Å². The molecule has 2 aliphatic carbocycles. The van der Waals surface area contributed by atoms with E-state index in [1.807, 2.05) is 30.3 Å². The van der Waals surface area contributed by atoms with Crippen LogP contribution in [0.15, 0.2) is 47.4 Å². The number of carbonyl (C=O) groups is 1. The van der Waals surface area contributed by atoms with E-state index in [1.165, 1.54) is 5.56 Å². The van der Waals surface area contributed by atoms with Gasteiger partial charge in [0.2, 0.25) is 5.91 Å². The number of hydrogen-bond acceptors (Lipinski definition) is 3. The van der Waals surface area contributed by atoms with Gasteiger partial charge in [-0.25, -0.2) is 13.1 Å². The van der Waals surface area contributed by atoms with E-state index in [9.17, 15) is 13.2 Å². The molecule has 1 unspecified atom stereocenters. The number of rotatable bonds is 3. The first kappa shape index (κ1) is 14.5. The van der Waals surface area contributed by atoms with Crippen molar-refractivity contribution >= 4 is 15.9 Å². The van der Waals surface area contributed by atoms with Crippen LogP contribution < -0.4 is 4.72 Å². The van der Waals surface area contributed by atoms with Crippen LogP contribution in [-0.4, -0.2) is 14.3 Å². The van der Waals surface area contributed by atoms with Gasteiger partial charge < -0.3 is 0 Å². The van der Waals surface area contributed by atoms with Gasteiger partial charge in [0.25, 0.3) is 10.0 Å². The molecule has 0 saturated carbocycles. The molecule has 2 aliphatic rings. The summed E-state index contributed by atoms with van der Waals surface area (Å²) in [6, 6.07) is 12.8. The van der Waals surface area contributed by atoms with Crippen molar-refractivity contribution in [3.05, 3.63) is 64.7 Å². The van der Waals surface area contributed by atoms with Gasteiger partial charge in [0, 0.05) is 0 Å². The third-order valence-electron chi connectivity index (χ3n) is 4.79. The number of carbonyl (C=O) groups excluding carboxylic acids is 1. The second-order valence-corrected chi connectivity index (χ2v) is 7.89. The topological polar surface area (TPSA) is 63.2 Å². The summed E-state index contributed by atoms with van der Waals surface area (Å²) in [5, 5.41) is 0. The van der Waals surface area contributed by atoms with Crippen LogP contribution in [0.1, 0.15) is 34.6 Å². The fourth-order valence-electron chi connectivity index (χ4n) is 3.47. The molecular formula is C18H17NO3S. The van der Waals surface area contributed by atoms with Gasteiger partial charge in [-0.05, 0) is 60.1 Å². The van der Waals surface area contributed by atoms with Crippen LogP contribution in [0.5, 0.6) is 0 Å². The predicted molar refractivity (Wildman–Crippen MR) is 86.7 cm³/mol. The molecule has 0 saturated heterocycles. The largest absolute Gasteiger partial charge is 0.273 e. The molecule has 0 radical (unpaired) electrons. The molecule has 1 atom stereocenters. The van der Waals surface area contributed by atoms with E-state index in [-0.39, 0.29) is 10.8 Å². The second kappa shape index (κ2) is 5.20. The molecule has 0 spiro atoms. The smallest absolute Gasteiger partial charge is 0.264 e. The third kappa shape index (κ3) is 2.45. The summed E-state index contributed by atoms with van der Waals surface area (Å²) >= 11 is 0. The maximum Gasteiger partial charge on any atom is 0.264 e. The quantitative estimate of drug-likeness (QED) is 0.941. The number of sulfonamides is 1. The lowest BCUT2D eigenvalue weighted by molar-refractivity contribution is -0.121. The fourth-order valence-corrected chi connectivity index (χ4v) is 4.54. The van der Waals surface area contributed by atoms with E-state index in [2.05, 4.69) is 4.72 Å². The number of nitrogens with one attached hydrogen (secondary N) is 1. The van der Waals surface area contributed by atoms with Crippen LogP contribution in [0.4, 0.5) is 0 Å². The van der Waals surface area contributed by atoms with Gasteiger partial charge in [-0.1, -0.05) is 30.3 Å². The molecule has 0 aliphatic heterocycles. The van der Waals surface area contributed by atoms with Crippen molar-refractivity contribution in [1.82, 2.24) is 4.72 Å². The molecule has 4 nitrogen and oxygen atoms in total. The molecule has 23 heavy (non-hydrogen) atoms. The summed E-state index contributed by atoms with van der Waals surface area (Å²) in [5.74, 6) is -0.806. The molecule has 4 rings (SSSR count). The summed E-state index contributed by atoms with van der Waals surface area (Å²) in [4.78, 5) is 12.5. The Labute approximate surface area is 135 Å². The van der Waals surface area contributed by atoms with Crippen LogP contribution in [0, 0.1) is 0 Å². The Morgan fingerprint density at radius 3 is 2.61 bits per heavy atom. The average molecular weight is 327 g/mol. The molecule has 2 aromatic rings. The van der Waals surface area contributed by atoms with Gasteiger partial charge in [-0.2, -0.15) is 0 Å². The lowest BCUT2D eigenvalue weighted by Crippen LogP contribution is -2.38. The third-order valence-corrected chi connectivity index (χ3v) is 6.13. The number of amides is 1. The minimum atomic E-state index is -3.80. The zero-order valence-electron chi connectivity index (χ0n) is 12.6. The second-order valence-electron chi connectivity index (χ2n) is 6.21. The summed E-state index contributed by atoms with van der Waals surface area (Å²) in [5.41, 5.74) is 4.33. The Bertz CT molecular complexity index is 902. The zero-order chi connectivity index (χ0) is 16.0. The van der Waals surface area contributed by atoms with E-state index in [0.717, 1.165) is 36.0 Å². The van der Waals surface area contributed by atoms with Crippen molar-refractivity contribution in [3.8, 4) is 0 Å². The van der Waals surface area contributed by atoms with Crippen LogP contribution >= 0.6 is 0 Å². The number of aryl methyl sites for hydroxylation is 2. The lowest BCUT2D eigenvalue weighted by Gasteiger charge is -2.28. The molecule has 0 aromatic heterocycles. The monoisotopic (exact) mass is 327 g/mol. The van der Waals surface area contributed by atoms with Crippen LogP contribution in [-0.2, 0) is 34.1 Å². The van der Waals surface area contributed by atoms with Crippen molar-refractivity contribution in [2.75, 3.05) is 0 Å². The van der Waals surface area contributed by atoms with Gasteiger partial charge >= 0.3 is 0 Å². The fraction of sp³-hybridized carbons (Fsp3) is 0.278. The average Bonchev–Trinajstić information content (AvgIpc) is 2.95. The number of hydrogen-bond donors (Lipinski definition) is 1. The highest BCUT2D eigenvalue weighted by Crippen LogP contribution is 2.35. The molecule has 1 amide bonds. The maximum atomic E-state index is 12.5. The first-order valence-electron chi connectivity index (χ1n) is 7.81. The van der Waals surface area contributed by atoms with Crippen LogP contribution in [0.2, 0.25) is 0 Å². The summed E-state index contributed by atoms with van der Waals surface area (Å²) in [6.07, 6.45) is 3.56. The zero-order valence-corrected chi connectivity index (χ0v) is 13.4. The van der Waals surface area contributed by atoms with E-state index >= 15 is 0 Å². The van der Waals surface area contributed by atoms with Crippen LogP contribution in [0.3, 0.4) is 0 Å². The molecule has 118 valence electrons. The molecule has 2 aromatic carbocycles. The highest BCUT2D eigenvalue weighted by Gasteiger charge is 2.34. The molecule has 0 bridgehead atoms. The van der Waals surface area contributed by atoms with E-state index in [0.29, 0.717) is 6.42 Å². The Hall–Kier alpha value is -2.14. The highest BCUT2D eigenvalue weighted by atomic mass is 32.2. The van der Waals surface area contributed by atoms with E-state index in [4.69, 9.17) is 0 Å². The molecule has 1 N–H and O–H groups in total. The summed E-state index contributed by atoms with van der Waals surface area (Å²) in [6.45, 7) is 0. The van der Waals surface area contributed by atoms with E-state index in [1.54, 1.807) is 12.1 Å². The van der Waals surface area contributed by atoms with Gasteiger partial charge in [-0.3, -0.25) is 4.79 Å². The van der Waals surface area contributed by atoms with Crippen molar-refractivity contribution in [1.29, 1.82) is 0 Å². The minimum Gasteiger partial charge on any atom is -0.273 e. The molecular weight excluding hydrogens is 310 g/mol. The van der Waals surface area contributed by atoms with Gasteiger partial charge in [-0.15, -0.1) is 0 Å². The minimum absolute atomic E-state index is 0.180. The first-order valence-corrected chi connectivity index (χ1v) is 9.29. The highest BCUT2D eigenvalue weighted by molar-refractivity contribution is 7.90. The Morgan fingerprint density at radius 1 is 1.00 bits per heavy atom. The maximum absolute atomic E-state index is 12.5. The normalized spacial score (nSPS) is 18.7. The predicted octanol–water partition coefficient (Wildman–Crippen LogP) is 2.32. The van der Waals surface area contributed by atoms with Gasteiger partial charge in [0.15, 0.2) is 0 Å². The van der Waals surface area contributed by atoms with Gasteiger partial charge in [0.1, 0.15) is 0 Å². The van der Waals surface area contributed by atoms with Crippen molar-refractivity contribution in [3.63, 3.8) is 0 Å². The Kier molecular flexibility index (Phi) is 3.27. The number of fused-ring (bicyclic) bond motifs is 2. The lowest BCUT2D eigenvalue weighted by atomic mass is 9.77. The summed E-state index contributed by atoms with van der Waals surface area (Å²) in [7, 11) is -3.80. The molecule has 0 heterocycles. The van der Waals surface area contributed by atoms with Gasteiger partial charge in [0.05, 0.1) is 10.8 Å². The SMILES string of the molecule is O=C(NS(=O)(=O)c1ccc2c(c1)CCC2)C1Cc2ccccc21. The van der Waals surface area contributed by atoms with E-state index < -0.39 is 15.9 Å². The van der Waals surface area contributed by atoms with Crippen molar-refractivity contribution in [2.24, 2.45) is 0 Å². The number of benzene rings is 2. The standard InChI is InChI=1S/C18H17NO3S/c20-18(17-11-14-4-1-2-7-16(14)17)19-23(21,22)15-9-8-12-5-3-6-13(12)10-15/h1-2,4,7-10,17H,3,5-6,11H2,(H,19,20). The first-order chi connectivity index (χ1) is 11.0. The Morgan fingerprint density at radius 2 is 1.78 bits per heavy atom. The van der Waals surface area contributed by atoms with Crippen molar-refractivity contribution < 1.29 is 13.2 Å².